The number of aromatic nitrogens is 3. The summed E-state index contributed by atoms with van der Waals surface area (Å²) < 4.78 is 29.6. The van der Waals surface area contributed by atoms with Crippen LogP contribution in [0.3, 0.4) is 0 Å². The Hall–Kier alpha value is -2.39. The second-order valence-corrected chi connectivity index (χ2v) is 7.77. The zero-order valence-corrected chi connectivity index (χ0v) is 16.4. The van der Waals surface area contributed by atoms with E-state index in [-0.39, 0.29) is 23.2 Å². The summed E-state index contributed by atoms with van der Waals surface area (Å²) in [5.41, 5.74) is 0.347. The number of hydrogen-bond acceptors (Lipinski definition) is 5. The van der Waals surface area contributed by atoms with E-state index < -0.39 is 11.6 Å². The van der Waals surface area contributed by atoms with E-state index in [1.807, 2.05) is 32.8 Å². The van der Waals surface area contributed by atoms with Crippen LogP contribution in [0.1, 0.15) is 30.4 Å². The van der Waals surface area contributed by atoms with Gasteiger partial charge in [0.15, 0.2) is 16.6 Å². The molecule has 0 aliphatic rings. The topological polar surface area (TPSA) is 54.3 Å². The molecule has 0 aliphatic heterocycles. The van der Waals surface area contributed by atoms with E-state index in [4.69, 9.17) is 0 Å². The highest BCUT2D eigenvalue weighted by Gasteiger charge is 2.24. The van der Waals surface area contributed by atoms with Crippen LogP contribution >= 0.6 is 11.3 Å². The number of halogens is 2. The number of thiazole rings is 1. The van der Waals surface area contributed by atoms with Gasteiger partial charge in [-0.2, -0.15) is 5.10 Å². The van der Waals surface area contributed by atoms with Crippen LogP contribution in [-0.2, 0) is 0 Å². The minimum Gasteiger partial charge on any atom is -0.308 e. The van der Waals surface area contributed by atoms with E-state index in [0.717, 1.165) is 17.4 Å². The lowest BCUT2D eigenvalue weighted by atomic mass is 10.3. The summed E-state index contributed by atoms with van der Waals surface area (Å²) in [5, 5.41) is 4.64. The van der Waals surface area contributed by atoms with Gasteiger partial charge in [0.25, 0.3) is 5.91 Å². The van der Waals surface area contributed by atoms with Crippen LogP contribution in [0.5, 0.6) is 0 Å². The van der Waals surface area contributed by atoms with E-state index >= 15 is 0 Å². The summed E-state index contributed by atoms with van der Waals surface area (Å²) in [6.07, 6.45) is 1.75. The molecule has 2 heterocycles. The minimum atomic E-state index is -0.739. The average Bonchev–Trinajstić information content (AvgIpc) is 3.21. The normalized spacial score (nSPS) is 11.7. The third kappa shape index (κ3) is 4.14. The number of nitrogens with zero attached hydrogens (tertiary/aromatic N) is 5. The Labute approximate surface area is 160 Å². The van der Waals surface area contributed by atoms with Crippen LogP contribution in [0.2, 0.25) is 0 Å². The fraction of sp³-hybridized carbons (Fsp3) is 0.389. The van der Waals surface area contributed by atoms with Crippen molar-refractivity contribution in [2.45, 2.75) is 19.9 Å². The predicted octanol–water partition coefficient (Wildman–Crippen LogP) is 3.56. The highest BCUT2D eigenvalue weighted by atomic mass is 32.1. The number of hydrogen-bond donors (Lipinski definition) is 0. The highest BCUT2D eigenvalue weighted by molar-refractivity contribution is 7.22. The van der Waals surface area contributed by atoms with Crippen LogP contribution in [0.15, 0.2) is 24.4 Å². The molecule has 0 saturated carbocycles. The number of rotatable bonds is 6. The number of carbonyl (C=O) groups is 1. The van der Waals surface area contributed by atoms with E-state index in [0.29, 0.717) is 22.9 Å². The van der Waals surface area contributed by atoms with Gasteiger partial charge in [0.05, 0.1) is 4.70 Å². The van der Waals surface area contributed by atoms with Gasteiger partial charge in [-0.15, -0.1) is 0 Å². The average molecular weight is 393 g/mol. The lowest BCUT2D eigenvalue weighted by Crippen LogP contribution is -2.37. The molecule has 0 N–H and O–H groups in total. The summed E-state index contributed by atoms with van der Waals surface area (Å²) in [6.45, 7) is 4.87. The molecule has 0 unspecified atom stereocenters. The van der Waals surface area contributed by atoms with E-state index in [9.17, 15) is 13.6 Å². The van der Waals surface area contributed by atoms with Gasteiger partial charge < -0.3 is 4.90 Å². The molecule has 1 amide bonds. The fourth-order valence-corrected chi connectivity index (χ4v) is 3.55. The number of benzene rings is 1. The monoisotopic (exact) mass is 393 g/mol. The number of carbonyl (C=O) groups excluding carboxylic acids is 1. The van der Waals surface area contributed by atoms with Crippen LogP contribution in [0.4, 0.5) is 13.9 Å². The number of amides is 1. The standard InChI is InChI=1S/C18H21F2N5OS/c1-11(2)25-6-5-14(22-25)17(26)24(8-7-23(3)4)18-21-16-13(20)9-12(19)10-15(16)27-18/h5-6,9-11H,7-8H2,1-4H3. The molecule has 6 nitrogen and oxygen atoms in total. The molecular weight excluding hydrogens is 372 g/mol. The first-order valence-corrected chi connectivity index (χ1v) is 9.35. The third-order valence-electron chi connectivity index (χ3n) is 4.01. The van der Waals surface area contributed by atoms with Crippen LogP contribution in [-0.4, -0.2) is 52.8 Å². The molecule has 0 aliphatic carbocycles. The van der Waals surface area contributed by atoms with Gasteiger partial charge in [-0.05, 0) is 40.1 Å². The highest BCUT2D eigenvalue weighted by Crippen LogP contribution is 2.31. The lowest BCUT2D eigenvalue weighted by molar-refractivity contribution is 0.0979. The molecule has 0 spiro atoms. The van der Waals surface area contributed by atoms with Crippen molar-refractivity contribution in [3.8, 4) is 0 Å². The summed E-state index contributed by atoms with van der Waals surface area (Å²) in [5.74, 6) is -1.73. The molecule has 9 heteroatoms. The Bertz CT molecular complexity index is 966. The first-order valence-electron chi connectivity index (χ1n) is 8.53. The van der Waals surface area contributed by atoms with Gasteiger partial charge in [-0.25, -0.2) is 13.8 Å². The number of likely N-dealkylation sites (N-methyl/N-ethyl adjacent to an activating group) is 1. The molecule has 27 heavy (non-hydrogen) atoms. The van der Waals surface area contributed by atoms with Crippen LogP contribution in [0.25, 0.3) is 10.2 Å². The zero-order chi connectivity index (χ0) is 19.7. The van der Waals surface area contributed by atoms with Gasteiger partial charge in [-0.1, -0.05) is 11.3 Å². The second-order valence-electron chi connectivity index (χ2n) is 6.77. The Kier molecular flexibility index (Phi) is 5.52. The van der Waals surface area contributed by atoms with Crippen molar-refractivity contribution in [1.29, 1.82) is 0 Å². The van der Waals surface area contributed by atoms with E-state index in [1.165, 1.54) is 11.0 Å². The predicted molar refractivity (Wildman–Crippen MR) is 102 cm³/mol. The van der Waals surface area contributed by atoms with Crippen molar-refractivity contribution in [3.63, 3.8) is 0 Å². The smallest absolute Gasteiger partial charge is 0.280 e. The molecule has 2 aromatic heterocycles. The van der Waals surface area contributed by atoms with Crippen molar-refractivity contribution in [2.24, 2.45) is 0 Å². The number of anilines is 1. The van der Waals surface area contributed by atoms with Crippen LogP contribution in [0, 0.1) is 11.6 Å². The summed E-state index contributed by atoms with van der Waals surface area (Å²) in [7, 11) is 3.78. The quantitative estimate of drug-likeness (QED) is 0.643. The minimum absolute atomic E-state index is 0.0618. The Morgan fingerprint density at radius 3 is 2.63 bits per heavy atom. The first kappa shape index (κ1) is 19.4. The summed E-state index contributed by atoms with van der Waals surface area (Å²) in [6, 6.07) is 3.80. The SMILES string of the molecule is CC(C)n1ccc(C(=O)N(CCN(C)C)c2nc3c(F)cc(F)cc3s2)n1. The van der Waals surface area contributed by atoms with Gasteiger partial charge in [0.1, 0.15) is 11.3 Å². The van der Waals surface area contributed by atoms with E-state index in [1.54, 1.807) is 16.9 Å². The maximum absolute atomic E-state index is 14.0. The fourth-order valence-electron chi connectivity index (χ4n) is 2.52. The Balaban J connectivity index is 1.99. The molecule has 3 aromatic rings. The van der Waals surface area contributed by atoms with Gasteiger partial charge in [0, 0.05) is 31.4 Å². The van der Waals surface area contributed by atoms with Crippen molar-refractivity contribution in [2.75, 3.05) is 32.1 Å². The zero-order valence-electron chi connectivity index (χ0n) is 15.6. The Morgan fingerprint density at radius 1 is 1.26 bits per heavy atom. The second kappa shape index (κ2) is 7.69. The van der Waals surface area contributed by atoms with Gasteiger partial charge >= 0.3 is 0 Å². The Morgan fingerprint density at radius 2 is 2.00 bits per heavy atom. The van der Waals surface area contributed by atoms with E-state index in [2.05, 4.69) is 10.1 Å². The third-order valence-corrected chi connectivity index (χ3v) is 5.03. The van der Waals surface area contributed by atoms with Crippen LogP contribution < -0.4 is 4.90 Å². The molecule has 144 valence electrons. The molecule has 0 bridgehead atoms. The molecule has 0 radical (unpaired) electrons. The van der Waals surface area contributed by atoms with Gasteiger partial charge in [-0.3, -0.25) is 14.4 Å². The summed E-state index contributed by atoms with van der Waals surface area (Å²) >= 11 is 1.08. The van der Waals surface area contributed by atoms with Gasteiger partial charge in [0.2, 0.25) is 0 Å². The maximum Gasteiger partial charge on any atom is 0.280 e. The molecule has 0 fully saturated rings. The van der Waals surface area contributed by atoms with Crippen molar-refractivity contribution in [1.82, 2.24) is 19.7 Å². The first-order chi connectivity index (χ1) is 12.8. The molecule has 0 saturated heterocycles. The largest absolute Gasteiger partial charge is 0.308 e. The molecular formula is C18H21F2N5OS. The molecule has 3 rings (SSSR count). The van der Waals surface area contributed by atoms with Crippen molar-refractivity contribution in [3.05, 3.63) is 41.7 Å². The van der Waals surface area contributed by atoms with Crippen molar-refractivity contribution < 1.29 is 13.6 Å². The molecule has 0 atom stereocenters. The molecule has 1 aromatic carbocycles. The lowest BCUT2D eigenvalue weighted by Gasteiger charge is -2.21. The maximum atomic E-state index is 14.0. The number of fused-ring (bicyclic) bond motifs is 1. The summed E-state index contributed by atoms with van der Waals surface area (Å²) in [4.78, 5) is 20.7. The van der Waals surface area contributed by atoms with Crippen molar-refractivity contribution >= 4 is 32.6 Å².